The van der Waals surface area contributed by atoms with Crippen LogP contribution in [0.2, 0.25) is 10.0 Å². The molecule has 0 radical (unpaired) electrons. The van der Waals surface area contributed by atoms with Crippen LogP contribution in [0.15, 0.2) is 71.9 Å². The fraction of sp³-hybridized carbons (Fsp3) is 0.167. The van der Waals surface area contributed by atoms with E-state index in [-0.39, 0.29) is 19.1 Å². The number of ether oxygens (including phenoxy) is 2. The zero-order valence-corrected chi connectivity index (χ0v) is 18.9. The number of nitrogens with zero attached hydrogens (tertiary/aromatic N) is 1. The molecule has 1 amide bonds. The highest BCUT2D eigenvalue weighted by molar-refractivity contribution is 6.35. The van der Waals surface area contributed by atoms with E-state index in [1.54, 1.807) is 42.5 Å². The summed E-state index contributed by atoms with van der Waals surface area (Å²) in [4.78, 5) is 17.0. The summed E-state index contributed by atoms with van der Waals surface area (Å²) in [5.41, 5.74) is 2.24. The number of rotatable bonds is 10. The second-order valence-corrected chi connectivity index (χ2v) is 7.43. The van der Waals surface area contributed by atoms with Gasteiger partial charge in [0.1, 0.15) is 6.61 Å². The Morgan fingerprint density at radius 2 is 1.81 bits per heavy atom. The molecule has 0 aliphatic rings. The van der Waals surface area contributed by atoms with Gasteiger partial charge in [0, 0.05) is 26.9 Å². The summed E-state index contributed by atoms with van der Waals surface area (Å²) in [6.07, 6.45) is 1.50. The lowest BCUT2D eigenvalue weighted by atomic mass is 10.2. The Hall–Kier alpha value is -3.22. The van der Waals surface area contributed by atoms with Crippen LogP contribution in [-0.2, 0) is 16.2 Å². The summed E-state index contributed by atoms with van der Waals surface area (Å²) in [5, 5.41) is 7.67. The molecule has 3 aromatic rings. The van der Waals surface area contributed by atoms with Crippen molar-refractivity contribution in [1.82, 2.24) is 0 Å². The van der Waals surface area contributed by atoms with E-state index in [0.29, 0.717) is 33.8 Å². The van der Waals surface area contributed by atoms with Gasteiger partial charge in [-0.15, -0.1) is 0 Å². The molecule has 0 aromatic heterocycles. The van der Waals surface area contributed by atoms with E-state index in [4.69, 9.17) is 37.5 Å². The van der Waals surface area contributed by atoms with Crippen LogP contribution in [0.25, 0.3) is 0 Å². The average Bonchev–Trinajstić information content (AvgIpc) is 2.78. The maximum atomic E-state index is 11.9. The Balaban J connectivity index is 1.56. The first-order valence-corrected chi connectivity index (χ1v) is 10.6. The van der Waals surface area contributed by atoms with Crippen molar-refractivity contribution in [1.29, 1.82) is 0 Å². The molecule has 3 aromatic carbocycles. The summed E-state index contributed by atoms with van der Waals surface area (Å²) in [6, 6.07) is 19.7. The highest BCUT2D eigenvalue weighted by Gasteiger charge is 2.09. The van der Waals surface area contributed by atoms with Crippen molar-refractivity contribution in [2.75, 3.05) is 18.5 Å². The predicted octanol–water partition coefficient (Wildman–Crippen LogP) is 5.96. The van der Waals surface area contributed by atoms with Gasteiger partial charge in [0.15, 0.2) is 18.1 Å². The molecule has 0 atom stereocenters. The second-order valence-electron chi connectivity index (χ2n) is 6.59. The van der Waals surface area contributed by atoms with E-state index in [1.165, 1.54) is 6.21 Å². The topological polar surface area (TPSA) is 69.2 Å². The van der Waals surface area contributed by atoms with Gasteiger partial charge in [-0.2, -0.15) is 0 Å². The van der Waals surface area contributed by atoms with Crippen molar-refractivity contribution in [3.05, 3.63) is 87.9 Å². The zero-order valence-electron chi connectivity index (χ0n) is 17.4. The third-order valence-electron chi connectivity index (χ3n) is 4.20. The lowest BCUT2D eigenvalue weighted by Gasteiger charge is -2.13. The SMILES string of the molecule is CCOc1cc(/C=N/OCC(=O)Nc2ccccc2)ccc1OCc1ccc(Cl)cc1Cl. The molecule has 0 bridgehead atoms. The predicted molar refractivity (Wildman–Crippen MR) is 127 cm³/mol. The molecule has 0 spiro atoms. The van der Waals surface area contributed by atoms with E-state index >= 15 is 0 Å². The van der Waals surface area contributed by atoms with Crippen LogP contribution in [-0.4, -0.2) is 25.3 Å². The minimum absolute atomic E-state index is 0.202. The first-order valence-electron chi connectivity index (χ1n) is 9.89. The number of halogens is 2. The highest BCUT2D eigenvalue weighted by Crippen LogP contribution is 2.30. The molecule has 1 N–H and O–H groups in total. The number of carbonyl (C=O) groups is 1. The van der Waals surface area contributed by atoms with Crippen LogP contribution in [0.1, 0.15) is 18.1 Å². The van der Waals surface area contributed by atoms with Gasteiger partial charge >= 0.3 is 0 Å². The number of oxime groups is 1. The maximum Gasteiger partial charge on any atom is 0.265 e. The zero-order chi connectivity index (χ0) is 22.8. The normalized spacial score (nSPS) is 10.7. The molecular weight excluding hydrogens is 451 g/mol. The molecule has 0 aliphatic carbocycles. The van der Waals surface area contributed by atoms with Crippen LogP contribution in [0.3, 0.4) is 0 Å². The van der Waals surface area contributed by atoms with Gasteiger partial charge in [-0.3, -0.25) is 4.79 Å². The van der Waals surface area contributed by atoms with E-state index < -0.39 is 0 Å². The molecule has 3 rings (SSSR count). The Bertz CT molecular complexity index is 1070. The van der Waals surface area contributed by atoms with Crippen molar-refractivity contribution < 1.29 is 19.1 Å². The highest BCUT2D eigenvalue weighted by atomic mass is 35.5. The minimum Gasteiger partial charge on any atom is -0.490 e. The fourth-order valence-corrected chi connectivity index (χ4v) is 3.16. The van der Waals surface area contributed by atoms with Crippen molar-refractivity contribution in [2.24, 2.45) is 5.16 Å². The molecule has 0 aliphatic heterocycles. The van der Waals surface area contributed by atoms with Gasteiger partial charge < -0.3 is 19.6 Å². The molecule has 0 saturated carbocycles. The fourth-order valence-electron chi connectivity index (χ4n) is 2.70. The summed E-state index contributed by atoms with van der Waals surface area (Å²) < 4.78 is 11.6. The number of hydrogen-bond acceptors (Lipinski definition) is 5. The Kier molecular flexibility index (Phi) is 8.78. The average molecular weight is 473 g/mol. The van der Waals surface area contributed by atoms with Crippen LogP contribution < -0.4 is 14.8 Å². The monoisotopic (exact) mass is 472 g/mol. The van der Waals surface area contributed by atoms with Crippen molar-refractivity contribution in [2.45, 2.75) is 13.5 Å². The number of amides is 1. The van der Waals surface area contributed by atoms with Gasteiger partial charge in [0.2, 0.25) is 0 Å². The molecule has 8 heteroatoms. The minimum atomic E-state index is -0.298. The van der Waals surface area contributed by atoms with Crippen LogP contribution in [0.5, 0.6) is 11.5 Å². The first-order chi connectivity index (χ1) is 15.5. The third-order valence-corrected chi connectivity index (χ3v) is 4.78. The van der Waals surface area contributed by atoms with E-state index in [2.05, 4.69) is 10.5 Å². The molecule has 32 heavy (non-hydrogen) atoms. The van der Waals surface area contributed by atoms with Gasteiger partial charge in [0.05, 0.1) is 12.8 Å². The second kappa shape index (κ2) is 12.0. The number of carbonyl (C=O) groups excluding carboxylic acids is 1. The smallest absolute Gasteiger partial charge is 0.265 e. The van der Waals surface area contributed by atoms with Crippen LogP contribution >= 0.6 is 23.2 Å². The number of hydrogen-bond donors (Lipinski definition) is 1. The Labute approximate surface area is 196 Å². The van der Waals surface area contributed by atoms with E-state index in [1.807, 2.05) is 31.2 Å². The molecule has 0 fully saturated rings. The summed E-state index contributed by atoms with van der Waals surface area (Å²) >= 11 is 12.1. The summed E-state index contributed by atoms with van der Waals surface area (Å²) in [6.45, 7) is 2.42. The van der Waals surface area contributed by atoms with Crippen LogP contribution in [0, 0.1) is 0 Å². The number of para-hydroxylation sites is 1. The summed E-state index contributed by atoms with van der Waals surface area (Å²) in [7, 11) is 0. The van der Waals surface area contributed by atoms with Gasteiger partial charge in [0.25, 0.3) is 5.91 Å². The molecule has 6 nitrogen and oxygen atoms in total. The molecule has 0 heterocycles. The number of nitrogens with one attached hydrogen (secondary N) is 1. The molecular formula is C24H22Cl2N2O4. The van der Waals surface area contributed by atoms with Crippen molar-refractivity contribution in [3.63, 3.8) is 0 Å². The Morgan fingerprint density at radius 3 is 2.56 bits per heavy atom. The van der Waals surface area contributed by atoms with E-state index in [0.717, 1.165) is 11.1 Å². The standard InChI is InChI=1S/C24H22Cl2N2O4/c1-2-30-23-12-17(14-27-32-16-24(29)28-20-6-4-3-5-7-20)8-11-22(23)31-15-18-9-10-19(25)13-21(18)26/h3-14H,2,15-16H2,1H3,(H,28,29)/b27-14+. The lowest BCUT2D eigenvalue weighted by molar-refractivity contribution is -0.120. The maximum absolute atomic E-state index is 11.9. The number of anilines is 1. The first kappa shape index (κ1) is 23.4. The third kappa shape index (κ3) is 7.18. The molecule has 0 unspecified atom stereocenters. The van der Waals surface area contributed by atoms with Crippen molar-refractivity contribution in [3.8, 4) is 11.5 Å². The molecule has 166 valence electrons. The summed E-state index contributed by atoms with van der Waals surface area (Å²) in [5.74, 6) is 0.828. The van der Waals surface area contributed by atoms with Gasteiger partial charge in [-0.1, -0.05) is 52.6 Å². The van der Waals surface area contributed by atoms with Gasteiger partial charge in [-0.05, 0) is 49.4 Å². The lowest BCUT2D eigenvalue weighted by Crippen LogP contribution is -2.16. The largest absolute Gasteiger partial charge is 0.490 e. The van der Waals surface area contributed by atoms with E-state index in [9.17, 15) is 4.79 Å². The van der Waals surface area contributed by atoms with Gasteiger partial charge in [-0.25, -0.2) is 0 Å². The quantitative estimate of drug-likeness (QED) is 0.291. The number of benzene rings is 3. The van der Waals surface area contributed by atoms with Crippen molar-refractivity contribution >= 4 is 41.0 Å². The van der Waals surface area contributed by atoms with Crippen LogP contribution in [0.4, 0.5) is 5.69 Å². The Morgan fingerprint density at radius 1 is 1.00 bits per heavy atom. The molecule has 0 saturated heterocycles.